The monoisotopic (exact) mass is 153 g/mol. The van der Waals surface area contributed by atoms with Gasteiger partial charge >= 0.3 is 0 Å². The highest BCUT2D eigenvalue weighted by molar-refractivity contribution is 5.03. The fourth-order valence-electron chi connectivity index (χ4n) is 1.75. The second-order valence-electron chi connectivity index (χ2n) is 3.64. The zero-order chi connectivity index (χ0) is 7.84. The summed E-state index contributed by atoms with van der Waals surface area (Å²) in [5.41, 5.74) is 1.26. The number of morpholine rings is 1. The van der Waals surface area contributed by atoms with Crippen molar-refractivity contribution in [2.45, 2.75) is 25.5 Å². The molecule has 0 bridgehead atoms. The van der Waals surface area contributed by atoms with E-state index in [0.717, 1.165) is 25.7 Å². The number of rotatable bonds is 2. The molecule has 0 spiro atoms. The first-order valence-corrected chi connectivity index (χ1v) is 4.27. The lowest BCUT2D eigenvalue weighted by Crippen LogP contribution is -2.37. The summed E-state index contributed by atoms with van der Waals surface area (Å²) in [6.07, 6.45) is 1.80. The van der Waals surface area contributed by atoms with Crippen LogP contribution in [0.2, 0.25) is 0 Å². The summed E-state index contributed by atoms with van der Waals surface area (Å²) in [5, 5.41) is 0. The number of nitrogens with zero attached hydrogens (tertiary/aromatic N) is 1. The van der Waals surface area contributed by atoms with Gasteiger partial charge in [0.1, 0.15) is 0 Å². The van der Waals surface area contributed by atoms with Gasteiger partial charge in [-0.2, -0.15) is 0 Å². The Hall–Kier alpha value is -0.340. The summed E-state index contributed by atoms with van der Waals surface area (Å²) >= 11 is 0. The van der Waals surface area contributed by atoms with Gasteiger partial charge in [0.2, 0.25) is 0 Å². The standard InChI is InChI=1S/C9H15NO/c1-7(2)6-10-3-4-11-9-5-8(9)10/h8-9H,1,3-6H2,2H3. The van der Waals surface area contributed by atoms with Gasteiger partial charge in [0.15, 0.2) is 0 Å². The third kappa shape index (κ3) is 1.47. The molecule has 1 heterocycles. The van der Waals surface area contributed by atoms with E-state index in [-0.39, 0.29) is 0 Å². The van der Waals surface area contributed by atoms with Crippen LogP contribution in [0.3, 0.4) is 0 Å². The highest BCUT2D eigenvalue weighted by atomic mass is 16.5. The SMILES string of the molecule is C=C(C)CN1CCOC2CC21. The minimum absolute atomic E-state index is 0.558. The normalized spacial score (nSPS) is 36.5. The van der Waals surface area contributed by atoms with Gasteiger partial charge in [0.05, 0.1) is 12.7 Å². The quantitative estimate of drug-likeness (QED) is 0.549. The Labute approximate surface area is 67.8 Å². The summed E-state index contributed by atoms with van der Waals surface area (Å²) in [7, 11) is 0. The van der Waals surface area contributed by atoms with Gasteiger partial charge in [0, 0.05) is 19.1 Å². The van der Waals surface area contributed by atoms with Gasteiger partial charge in [-0.05, 0) is 13.3 Å². The Kier molecular flexibility index (Phi) is 1.74. The first-order valence-electron chi connectivity index (χ1n) is 4.27. The summed E-state index contributed by atoms with van der Waals surface area (Å²) in [6.45, 7) is 9.07. The Balaban J connectivity index is 1.88. The number of hydrogen-bond acceptors (Lipinski definition) is 2. The van der Waals surface area contributed by atoms with Crippen LogP contribution < -0.4 is 0 Å². The summed E-state index contributed by atoms with van der Waals surface area (Å²) in [6, 6.07) is 0.723. The minimum atomic E-state index is 0.558. The molecule has 2 unspecified atom stereocenters. The van der Waals surface area contributed by atoms with E-state index in [0.29, 0.717) is 6.10 Å². The molecule has 2 rings (SSSR count). The molecule has 2 aliphatic rings. The average Bonchev–Trinajstić information content (AvgIpc) is 2.65. The van der Waals surface area contributed by atoms with Gasteiger partial charge in [-0.15, -0.1) is 0 Å². The molecule has 0 radical (unpaired) electrons. The Morgan fingerprint density at radius 1 is 1.73 bits per heavy atom. The largest absolute Gasteiger partial charge is 0.375 e. The van der Waals surface area contributed by atoms with Crippen molar-refractivity contribution in [3.05, 3.63) is 12.2 Å². The van der Waals surface area contributed by atoms with Crippen molar-refractivity contribution in [1.29, 1.82) is 0 Å². The van der Waals surface area contributed by atoms with Gasteiger partial charge < -0.3 is 4.74 Å². The summed E-state index contributed by atoms with van der Waals surface area (Å²) in [5.74, 6) is 0. The van der Waals surface area contributed by atoms with E-state index in [9.17, 15) is 0 Å². The van der Waals surface area contributed by atoms with Gasteiger partial charge in [0.25, 0.3) is 0 Å². The smallest absolute Gasteiger partial charge is 0.0747 e. The molecule has 0 amide bonds. The second kappa shape index (κ2) is 2.61. The Morgan fingerprint density at radius 2 is 2.55 bits per heavy atom. The van der Waals surface area contributed by atoms with Crippen molar-refractivity contribution in [2.24, 2.45) is 0 Å². The first-order chi connectivity index (χ1) is 5.27. The maximum Gasteiger partial charge on any atom is 0.0747 e. The molecule has 62 valence electrons. The highest BCUT2D eigenvalue weighted by Gasteiger charge is 2.45. The Morgan fingerprint density at radius 3 is 3.27 bits per heavy atom. The lowest BCUT2D eigenvalue weighted by Gasteiger charge is -2.26. The second-order valence-corrected chi connectivity index (χ2v) is 3.64. The summed E-state index contributed by atoms with van der Waals surface area (Å²) in [4.78, 5) is 2.48. The predicted octanol–water partition coefficient (Wildman–Crippen LogP) is 1.04. The molecule has 1 aliphatic heterocycles. The van der Waals surface area contributed by atoms with Crippen molar-refractivity contribution in [2.75, 3.05) is 19.7 Å². The van der Waals surface area contributed by atoms with E-state index < -0.39 is 0 Å². The van der Waals surface area contributed by atoms with Gasteiger partial charge in [-0.25, -0.2) is 0 Å². The lowest BCUT2D eigenvalue weighted by molar-refractivity contribution is 0.0352. The fraction of sp³-hybridized carbons (Fsp3) is 0.778. The van der Waals surface area contributed by atoms with Crippen LogP contribution >= 0.6 is 0 Å². The molecule has 2 heteroatoms. The average molecular weight is 153 g/mol. The third-order valence-corrected chi connectivity index (χ3v) is 2.35. The van der Waals surface area contributed by atoms with Crippen LogP contribution in [-0.2, 0) is 4.74 Å². The van der Waals surface area contributed by atoms with E-state index in [1.54, 1.807) is 0 Å². The molecular weight excluding hydrogens is 138 g/mol. The maximum atomic E-state index is 5.49. The zero-order valence-electron chi connectivity index (χ0n) is 7.05. The number of fused-ring (bicyclic) bond motifs is 1. The van der Waals surface area contributed by atoms with Crippen LogP contribution in [0.5, 0.6) is 0 Å². The van der Waals surface area contributed by atoms with Gasteiger partial charge in [-0.3, -0.25) is 4.90 Å². The minimum Gasteiger partial charge on any atom is -0.375 e. The van der Waals surface area contributed by atoms with Crippen LogP contribution in [-0.4, -0.2) is 36.7 Å². The highest BCUT2D eigenvalue weighted by Crippen LogP contribution is 2.34. The van der Waals surface area contributed by atoms with Crippen LogP contribution in [0.25, 0.3) is 0 Å². The molecule has 0 aromatic carbocycles. The van der Waals surface area contributed by atoms with Crippen LogP contribution in [0.15, 0.2) is 12.2 Å². The molecular formula is C9H15NO. The molecule has 1 saturated heterocycles. The molecule has 2 fully saturated rings. The van der Waals surface area contributed by atoms with Crippen molar-refractivity contribution in [1.82, 2.24) is 4.90 Å². The van der Waals surface area contributed by atoms with Crippen molar-refractivity contribution in [3.63, 3.8) is 0 Å². The van der Waals surface area contributed by atoms with E-state index in [1.807, 2.05) is 0 Å². The van der Waals surface area contributed by atoms with Crippen LogP contribution in [0.4, 0.5) is 0 Å². The van der Waals surface area contributed by atoms with Crippen molar-refractivity contribution >= 4 is 0 Å². The lowest BCUT2D eigenvalue weighted by atomic mass is 10.3. The summed E-state index contributed by atoms with van der Waals surface area (Å²) < 4.78 is 5.49. The zero-order valence-corrected chi connectivity index (χ0v) is 7.05. The molecule has 2 nitrogen and oxygen atoms in total. The third-order valence-electron chi connectivity index (χ3n) is 2.35. The molecule has 1 saturated carbocycles. The molecule has 1 aliphatic carbocycles. The Bertz CT molecular complexity index is 178. The maximum absolute atomic E-state index is 5.49. The van der Waals surface area contributed by atoms with Gasteiger partial charge in [-0.1, -0.05) is 12.2 Å². The van der Waals surface area contributed by atoms with Crippen LogP contribution in [0.1, 0.15) is 13.3 Å². The van der Waals surface area contributed by atoms with Crippen LogP contribution in [0, 0.1) is 0 Å². The molecule has 0 aromatic rings. The van der Waals surface area contributed by atoms with E-state index in [4.69, 9.17) is 4.74 Å². The van der Waals surface area contributed by atoms with Crippen molar-refractivity contribution in [3.8, 4) is 0 Å². The number of ether oxygens (including phenoxy) is 1. The predicted molar refractivity (Wildman–Crippen MR) is 44.5 cm³/mol. The number of hydrogen-bond donors (Lipinski definition) is 0. The van der Waals surface area contributed by atoms with E-state index in [2.05, 4.69) is 18.4 Å². The molecule has 11 heavy (non-hydrogen) atoms. The first kappa shape index (κ1) is 7.32. The molecule has 2 atom stereocenters. The van der Waals surface area contributed by atoms with E-state index >= 15 is 0 Å². The van der Waals surface area contributed by atoms with Crippen molar-refractivity contribution < 1.29 is 4.74 Å². The molecule has 0 aromatic heterocycles. The van der Waals surface area contributed by atoms with E-state index in [1.165, 1.54) is 12.0 Å². The fourth-order valence-corrected chi connectivity index (χ4v) is 1.75. The molecule has 0 N–H and O–H groups in total. The topological polar surface area (TPSA) is 12.5 Å².